The molecule has 1 atom stereocenters. The highest BCUT2D eigenvalue weighted by molar-refractivity contribution is 9.10. The van der Waals surface area contributed by atoms with Gasteiger partial charge >= 0.3 is 0 Å². The summed E-state index contributed by atoms with van der Waals surface area (Å²) in [6, 6.07) is 11.1. The van der Waals surface area contributed by atoms with Crippen LogP contribution in [0.5, 0.6) is 5.75 Å². The molecule has 0 aliphatic heterocycles. The van der Waals surface area contributed by atoms with Crippen molar-refractivity contribution in [2.75, 3.05) is 7.11 Å². The summed E-state index contributed by atoms with van der Waals surface area (Å²) in [4.78, 5) is -0.0511. The van der Waals surface area contributed by atoms with Crippen LogP contribution in [0.3, 0.4) is 0 Å². The number of aryl methyl sites for hydroxylation is 1. The Balaban J connectivity index is 2.35. The Morgan fingerprint density at radius 1 is 1.11 bits per heavy atom. The van der Waals surface area contributed by atoms with Crippen molar-refractivity contribution in [2.45, 2.75) is 11.8 Å². The van der Waals surface area contributed by atoms with Crippen molar-refractivity contribution >= 4 is 31.9 Å². The molecule has 0 aromatic heterocycles. The highest BCUT2D eigenvalue weighted by Crippen LogP contribution is 2.35. The summed E-state index contributed by atoms with van der Waals surface area (Å²) < 4.78 is 19.7. The first-order valence-corrected chi connectivity index (χ1v) is 7.47. The first kappa shape index (κ1) is 14.5. The molecule has 100 valence electrons. The fourth-order valence-electron chi connectivity index (χ4n) is 1.80. The topological polar surface area (TPSA) is 9.23 Å². The van der Waals surface area contributed by atoms with Gasteiger partial charge in [0.25, 0.3) is 0 Å². The lowest BCUT2D eigenvalue weighted by Crippen LogP contribution is -1.96. The van der Waals surface area contributed by atoms with Gasteiger partial charge in [-0.3, -0.25) is 0 Å². The average Bonchev–Trinajstić information content (AvgIpc) is 2.41. The van der Waals surface area contributed by atoms with Gasteiger partial charge in [0, 0.05) is 0 Å². The Bertz CT molecular complexity index is 599. The molecule has 0 fully saturated rings. The van der Waals surface area contributed by atoms with E-state index >= 15 is 0 Å². The van der Waals surface area contributed by atoms with E-state index in [0.29, 0.717) is 5.56 Å². The second kappa shape index (κ2) is 6.06. The second-order valence-corrected chi connectivity index (χ2v) is 6.04. The molecule has 0 amide bonds. The van der Waals surface area contributed by atoms with Crippen molar-refractivity contribution in [1.82, 2.24) is 0 Å². The first-order chi connectivity index (χ1) is 9.02. The van der Waals surface area contributed by atoms with Crippen LogP contribution in [-0.4, -0.2) is 7.11 Å². The van der Waals surface area contributed by atoms with Gasteiger partial charge in [0.1, 0.15) is 11.6 Å². The van der Waals surface area contributed by atoms with E-state index in [9.17, 15) is 4.39 Å². The van der Waals surface area contributed by atoms with Gasteiger partial charge in [-0.1, -0.05) is 34.1 Å². The molecule has 1 nitrogen and oxygen atoms in total. The molecule has 2 rings (SSSR count). The molecule has 0 bridgehead atoms. The van der Waals surface area contributed by atoms with Gasteiger partial charge < -0.3 is 4.74 Å². The molecule has 0 spiro atoms. The maximum absolute atomic E-state index is 13.6. The highest BCUT2D eigenvalue weighted by Gasteiger charge is 2.13. The zero-order valence-corrected chi connectivity index (χ0v) is 13.8. The van der Waals surface area contributed by atoms with Gasteiger partial charge in [0.15, 0.2) is 0 Å². The number of halogens is 3. The van der Waals surface area contributed by atoms with Crippen LogP contribution in [0, 0.1) is 12.7 Å². The number of hydrogen-bond acceptors (Lipinski definition) is 1. The molecule has 19 heavy (non-hydrogen) atoms. The summed E-state index contributed by atoms with van der Waals surface area (Å²) in [6.07, 6.45) is 0. The predicted octanol–water partition coefficient (Wildman–Crippen LogP) is 5.39. The monoisotopic (exact) mass is 386 g/mol. The van der Waals surface area contributed by atoms with Crippen molar-refractivity contribution < 1.29 is 9.13 Å². The SMILES string of the molecule is COc1ccc(C(Br)c2ccc(C)c(F)c2)cc1Br. The minimum atomic E-state index is -0.186. The molecular weight excluding hydrogens is 375 g/mol. The van der Waals surface area contributed by atoms with Crippen LogP contribution in [0.1, 0.15) is 21.5 Å². The van der Waals surface area contributed by atoms with E-state index in [0.717, 1.165) is 21.3 Å². The van der Waals surface area contributed by atoms with Crippen LogP contribution < -0.4 is 4.74 Å². The third kappa shape index (κ3) is 3.18. The standard InChI is InChI=1S/C15H13Br2FO/c1-9-3-4-11(8-13(9)18)15(17)10-5-6-14(19-2)12(16)7-10/h3-8,15H,1-2H3. The third-order valence-electron chi connectivity index (χ3n) is 2.96. The minimum absolute atomic E-state index is 0.0511. The van der Waals surface area contributed by atoms with E-state index < -0.39 is 0 Å². The minimum Gasteiger partial charge on any atom is -0.496 e. The number of rotatable bonds is 3. The molecule has 0 N–H and O–H groups in total. The van der Waals surface area contributed by atoms with Gasteiger partial charge in [-0.25, -0.2) is 4.39 Å². The van der Waals surface area contributed by atoms with Gasteiger partial charge in [0.05, 0.1) is 16.4 Å². The van der Waals surface area contributed by atoms with E-state index in [1.54, 1.807) is 26.2 Å². The molecule has 0 saturated heterocycles. The largest absolute Gasteiger partial charge is 0.496 e. The van der Waals surface area contributed by atoms with Crippen LogP contribution in [0.2, 0.25) is 0 Å². The highest BCUT2D eigenvalue weighted by atomic mass is 79.9. The van der Waals surface area contributed by atoms with Crippen LogP contribution in [0.25, 0.3) is 0 Å². The summed E-state index contributed by atoms with van der Waals surface area (Å²) in [6.45, 7) is 1.76. The molecule has 0 saturated carbocycles. The molecule has 2 aromatic rings. The third-order valence-corrected chi connectivity index (χ3v) is 4.63. The Labute approximate surface area is 129 Å². The quantitative estimate of drug-likeness (QED) is 0.641. The van der Waals surface area contributed by atoms with Gasteiger partial charge in [-0.2, -0.15) is 0 Å². The molecule has 4 heteroatoms. The first-order valence-electron chi connectivity index (χ1n) is 5.76. The van der Waals surface area contributed by atoms with E-state index in [4.69, 9.17) is 4.74 Å². The number of alkyl halides is 1. The van der Waals surface area contributed by atoms with Gasteiger partial charge in [-0.05, 0) is 57.7 Å². The van der Waals surface area contributed by atoms with Crippen molar-refractivity contribution in [2.24, 2.45) is 0 Å². The Morgan fingerprint density at radius 2 is 1.74 bits per heavy atom. The maximum atomic E-state index is 13.6. The van der Waals surface area contributed by atoms with Crippen LogP contribution >= 0.6 is 31.9 Å². The normalized spacial score (nSPS) is 12.3. The van der Waals surface area contributed by atoms with Crippen molar-refractivity contribution in [3.8, 4) is 5.75 Å². The van der Waals surface area contributed by atoms with Gasteiger partial charge in [-0.15, -0.1) is 0 Å². The smallest absolute Gasteiger partial charge is 0.133 e. The Morgan fingerprint density at radius 3 is 2.32 bits per heavy atom. The van der Waals surface area contributed by atoms with E-state index in [2.05, 4.69) is 31.9 Å². The predicted molar refractivity (Wildman–Crippen MR) is 82.6 cm³/mol. The fourth-order valence-corrected chi connectivity index (χ4v) is 2.93. The number of benzene rings is 2. The summed E-state index contributed by atoms with van der Waals surface area (Å²) in [7, 11) is 1.63. The summed E-state index contributed by atoms with van der Waals surface area (Å²) in [5.41, 5.74) is 2.58. The lowest BCUT2D eigenvalue weighted by atomic mass is 10.0. The average molecular weight is 388 g/mol. The summed E-state index contributed by atoms with van der Waals surface area (Å²) in [5.74, 6) is 0.591. The number of methoxy groups -OCH3 is 1. The zero-order chi connectivity index (χ0) is 14.0. The lowest BCUT2D eigenvalue weighted by Gasteiger charge is -2.13. The van der Waals surface area contributed by atoms with Crippen LogP contribution in [0.4, 0.5) is 4.39 Å². The molecule has 1 unspecified atom stereocenters. The van der Waals surface area contributed by atoms with E-state index in [1.807, 2.05) is 24.3 Å². The molecule has 2 aromatic carbocycles. The number of hydrogen-bond donors (Lipinski definition) is 0. The van der Waals surface area contributed by atoms with Crippen LogP contribution in [0.15, 0.2) is 40.9 Å². The zero-order valence-electron chi connectivity index (χ0n) is 10.6. The van der Waals surface area contributed by atoms with Crippen LogP contribution in [-0.2, 0) is 0 Å². The fraction of sp³-hybridized carbons (Fsp3) is 0.200. The van der Waals surface area contributed by atoms with E-state index in [-0.39, 0.29) is 10.6 Å². The molecule has 0 radical (unpaired) electrons. The molecular formula is C15H13Br2FO. The Hall–Kier alpha value is -0.870. The second-order valence-electron chi connectivity index (χ2n) is 4.27. The maximum Gasteiger partial charge on any atom is 0.133 e. The molecule has 0 aliphatic rings. The Kier molecular flexibility index (Phi) is 4.63. The molecule has 0 aliphatic carbocycles. The van der Waals surface area contributed by atoms with Crippen molar-refractivity contribution in [1.29, 1.82) is 0 Å². The molecule has 0 heterocycles. The lowest BCUT2D eigenvalue weighted by molar-refractivity contribution is 0.412. The van der Waals surface area contributed by atoms with Crippen molar-refractivity contribution in [3.63, 3.8) is 0 Å². The van der Waals surface area contributed by atoms with Gasteiger partial charge in [0.2, 0.25) is 0 Å². The number of ether oxygens (including phenoxy) is 1. The summed E-state index contributed by atoms with van der Waals surface area (Å²) in [5, 5.41) is 0. The summed E-state index contributed by atoms with van der Waals surface area (Å²) >= 11 is 7.06. The van der Waals surface area contributed by atoms with E-state index in [1.165, 1.54) is 0 Å². The van der Waals surface area contributed by atoms with Crippen molar-refractivity contribution in [3.05, 3.63) is 63.4 Å².